The van der Waals surface area contributed by atoms with Crippen molar-refractivity contribution >= 4 is 28.7 Å². The second-order valence-electron chi connectivity index (χ2n) is 2.23. The zero-order valence-electron chi connectivity index (χ0n) is 6.09. The van der Waals surface area contributed by atoms with Crippen molar-refractivity contribution < 1.29 is 9.08 Å². The molecule has 1 rings (SSSR count). The fourth-order valence-electron chi connectivity index (χ4n) is 0.846. The summed E-state index contributed by atoms with van der Waals surface area (Å²) in [6, 6.07) is 6.79. The quantitative estimate of drug-likeness (QED) is 0.709. The van der Waals surface area contributed by atoms with E-state index in [2.05, 4.69) is 4.29 Å². The van der Waals surface area contributed by atoms with Gasteiger partial charge in [0.25, 0.3) is 5.24 Å². The van der Waals surface area contributed by atoms with Crippen LogP contribution in [0, 0.1) is 0 Å². The number of halogens is 2. The molecule has 1 aromatic rings. The first-order valence-corrected chi connectivity index (χ1v) is 3.95. The second kappa shape index (κ2) is 4.45. The predicted molar refractivity (Wildman–Crippen MR) is 47.3 cm³/mol. The summed E-state index contributed by atoms with van der Waals surface area (Å²) in [4.78, 5) is 10.7. The van der Waals surface area contributed by atoms with Crippen molar-refractivity contribution in [1.82, 2.24) is 0 Å². The number of carbonyl (C=O) groups is 1. The molecule has 4 heteroatoms. The Labute approximate surface area is 80.2 Å². The molecule has 0 heterocycles. The maximum Gasteiger partial charge on any atom is 0.252 e. The number of carbonyl (C=O) groups excluding carboxylic acids is 1. The summed E-state index contributed by atoms with van der Waals surface area (Å²) >= 11 is 10.3. The number of hydrogen-bond acceptors (Lipinski definition) is 2. The van der Waals surface area contributed by atoms with Crippen LogP contribution in [0.25, 0.3) is 0 Å². The Balaban J connectivity index is 2.88. The Hall–Kier alpha value is -0.570. The van der Waals surface area contributed by atoms with Crippen molar-refractivity contribution in [2.45, 2.75) is 6.61 Å². The molecule has 12 heavy (non-hydrogen) atoms. The van der Waals surface area contributed by atoms with Gasteiger partial charge < -0.3 is 0 Å². The van der Waals surface area contributed by atoms with Crippen LogP contribution >= 0.6 is 23.5 Å². The van der Waals surface area contributed by atoms with Crippen LogP contribution in [0.4, 0.5) is 0 Å². The lowest BCUT2D eigenvalue weighted by molar-refractivity contribution is 0.108. The van der Waals surface area contributed by atoms with Gasteiger partial charge in [0.2, 0.25) is 0 Å². The van der Waals surface area contributed by atoms with Gasteiger partial charge in [-0.25, -0.2) is 0 Å². The van der Waals surface area contributed by atoms with Crippen molar-refractivity contribution in [1.29, 1.82) is 0 Å². The smallest absolute Gasteiger partial charge is 0.252 e. The molecule has 0 aromatic heterocycles. The number of benzene rings is 1. The Morgan fingerprint density at radius 1 is 1.50 bits per heavy atom. The lowest BCUT2D eigenvalue weighted by atomic mass is 10.1. The van der Waals surface area contributed by atoms with Crippen LogP contribution in [0.5, 0.6) is 0 Å². The topological polar surface area (TPSA) is 26.3 Å². The average molecular weight is 205 g/mol. The van der Waals surface area contributed by atoms with Crippen LogP contribution in [0.3, 0.4) is 0 Å². The number of rotatable bonds is 3. The molecule has 0 saturated heterocycles. The van der Waals surface area contributed by atoms with Crippen molar-refractivity contribution in [2.24, 2.45) is 0 Å². The van der Waals surface area contributed by atoms with E-state index in [4.69, 9.17) is 23.5 Å². The lowest BCUT2D eigenvalue weighted by Crippen LogP contribution is -1.91. The summed E-state index contributed by atoms with van der Waals surface area (Å²) in [5.41, 5.74) is 1.26. The molecule has 0 saturated carbocycles. The largest absolute Gasteiger partial charge is 0.276 e. The first-order valence-electron chi connectivity index (χ1n) is 3.26. The zero-order chi connectivity index (χ0) is 8.97. The van der Waals surface area contributed by atoms with Gasteiger partial charge in [-0.1, -0.05) is 18.2 Å². The predicted octanol–water partition coefficient (Wildman–Crippen LogP) is 2.74. The summed E-state index contributed by atoms with van der Waals surface area (Å²) in [6.45, 7) is 0.263. The van der Waals surface area contributed by atoms with Gasteiger partial charge in [0.05, 0.1) is 18.5 Å². The SMILES string of the molecule is O=C(Cl)c1cccc(COCl)c1. The third-order valence-electron chi connectivity index (χ3n) is 1.38. The average Bonchev–Trinajstić information content (AvgIpc) is 2.05. The maximum atomic E-state index is 10.7. The highest BCUT2D eigenvalue weighted by Gasteiger charge is 2.01. The summed E-state index contributed by atoms with van der Waals surface area (Å²) in [7, 11) is 0. The van der Waals surface area contributed by atoms with Crippen LogP contribution in [0.2, 0.25) is 0 Å². The molecule has 0 atom stereocenters. The van der Waals surface area contributed by atoms with Crippen LogP contribution < -0.4 is 0 Å². The molecule has 0 aliphatic heterocycles. The van der Waals surface area contributed by atoms with Gasteiger partial charge in [-0.05, 0) is 23.2 Å². The van der Waals surface area contributed by atoms with Crippen LogP contribution in [0.1, 0.15) is 15.9 Å². The number of hydrogen-bond donors (Lipinski definition) is 0. The highest BCUT2D eigenvalue weighted by Crippen LogP contribution is 2.09. The molecular weight excluding hydrogens is 199 g/mol. The summed E-state index contributed by atoms with van der Waals surface area (Å²) < 4.78 is 4.38. The standard InChI is InChI=1S/C8H6Cl2O2/c9-8(11)7-3-1-2-6(4-7)5-12-10/h1-4H,5H2. The van der Waals surface area contributed by atoms with Gasteiger partial charge in [0, 0.05) is 5.56 Å². The molecule has 2 nitrogen and oxygen atoms in total. The highest BCUT2D eigenvalue weighted by atomic mass is 35.5. The molecule has 64 valence electrons. The summed E-state index contributed by atoms with van der Waals surface area (Å²) in [5, 5.41) is -0.480. The first-order chi connectivity index (χ1) is 5.74. The van der Waals surface area contributed by atoms with Gasteiger partial charge in [0.1, 0.15) is 0 Å². The fourth-order valence-corrected chi connectivity index (χ4v) is 1.09. The van der Waals surface area contributed by atoms with Gasteiger partial charge in [-0.3, -0.25) is 9.08 Å². The minimum absolute atomic E-state index is 0.263. The third-order valence-corrected chi connectivity index (χ3v) is 1.70. The van der Waals surface area contributed by atoms with E-state index in [1.807, 2.05) is 0 Å². The highest BCUT2D eigenvalue weighted by molar-refractivity contribution is 6.67. The monoisotopic (exact) mass is 204 g/mol. The van der Waals surface area contributed by atoms with E-state index in [0.717, 1.165) is 5.56 Å². The van der Waals surface area contributed by atoms with Gasteiger partial charge in [-0.15, -0.1) is 0 Å². The normalized spacial score (nSPS) is 9.83. The Bertz CT molecular complexity index is 286. The summed E-state index contributed by atoms with van der Waals surface area (Å²) in [5.74, 6) is 0. The van der Waals surface area contributed by atoms with E-state index < -0.39 is 5.24 Å². The molecule has 0 fully saturated rings. The minimum atomic E-state index is -0.480. The Kier molecular flexibility index (Phi) is 3.53. The molecule has 0 bridgehead atoms. The molecule has 1 aromatic carbocycles. The molecule has 0 aliphatic rings. The van der Waals surface area contributed by atoms with Gasteiger partial charge >= 0.3 is 0 Å². The van der Waals surface area contributed by atoms with Gasteiger partial charge in [-0.2, -0.15) is 0 Å². The Morgan fingerprint density at radius 2 is 2.25 bits per heavy atom. The molecule has 0 spiro atoms. The molecular formula is C8H6Cl2O2. The maximum absolute atomic E-state index is 10.7. The lowest BCUT2D eigenvalue weighted by Gasteiger charge is -1.98. The second-order valence-corrected chi connectivity index (χ2v) is 2.79. The van der Waals surface area contributed by atoms with E-state index in [0.29, 0.717) is 5.56 Å². The molecule has 0 radical (unpaired) electrons. The van der Waals surface area contributed by atoms with E-state index in [1.165, 1.54) is 0 Å². The summed E-state index contributed by atoms with van der Waals surface area (Å²) in [6.07, 6.45) is 0. The van der Waals surface area contributed by atoms with Crippen LogP contribution in [-0.2, 0) is 10.9 Å². The minimum Gasteiger partial charge on any atom is -0.276 e. The molecule has 0 N–H and O–H groups in total. The third kappa shape index (κ3) is 2.48. The van der Waals surface area contributed by atoms with Crippen LogP contribution in [-0.4, -0.2) is 5.24 Å². The molecule has 0 unspecified atom stereocenters. The van der Waals surface area contributed by atoms with E-state index >= 15 is 0 Å². The van der Waals surface area contributed by atoms with Crippen molar-refractivity contribution in [3.05, 3.63) is 35.4 Å². The van der Waals surface area contributed by atoms with Crippen molar-refractivity contribution in [2.75, 3.05) is 0 Å². The fraction of sp³-hybridized carbons (Fsp3) is 0.125. The van der Waals surface area contributed by atoms with Gasteiger partial charge in [0.15, 0.2) is 0 Å². The van der Waals surface area contributed by atoms with E-state index in [-0.39, 0.29) is 6.61 Å². The van der Waals surface area contributed by atoms with E-state index in [1.54, 1.807) is 24.3 Å². The molecule has 0 aliphatic carbocycles. The van der Waals surface area contributed by atoms with Crippen molar-refractivity contribution in [3.63, 3.8) is 0 Å². The Morgan fingerprint density at radius 3 is 2.83 bits per heavy atom. The first kappa shape index (κ1) is 9.52. The molecule has 0 amide bonds. The van der Waals surface area contributed by atoms with Crippen molar-refractivity contribution in [3.8, 4) is 0 Å². The van der Waals surface area contributed by atoms with Crippen LogP contribution in [0.15, 0.2) is 24.3 Å². The zero-order valence-corrected chi connectivity index (χ0v) is 7.60. The van der Waals surface area contributed by atoms with E-state index in [9.17, 15) is 4.79 Å².